The minimum atomic E-state index is -0.120. The van der Waals surface area contributed by atoms with Crippen molar-refractivity contribution < 1.29 is 9.90 Å². The molecule has 2 atom stereocenters. The summed E-state index contributed by atoms with van der Waals surface area (Å²) in [5, 5.41) is 13.1. The Bertz CT molecular complexity index is 500. The highest BCUT2D eigenvalue weighted by atomic mass is 35.5. The average Bonchev–Trinajstić information content (AvgIpc) is 3.29. The molecule has 0 spiro atoms. The van der Waals surface area contributed by atoms with E-state index in [-0.39, 0.29) is 24.5 Å². The van der Waals surface area contributed by atoms with Crippen LogP contribution in [0.5, 0.6) is 0 Å². The molecule has 1 amide bonds. The largest absolute Gasteiger partial charge is 0.396 e. The second-order valence-corrected chi connectivity index (χ2v) is 6.28. The molecular weight excluding hydrogens is 276 g/mol. The van der Waals surface area contributed by atoms with E-state index in [2.05, 4.69) is 10.3 Å². The first-order valence-corrected chi connectivity index (χ1v) is 7.60. The van der Waals surface area contributed by atoms with Gasteiger partial charge in [-0.1, -0.05) is 11.6 Å². The third kappa shape index (κ3) is 3.13. The van der Waals surface area contributed by atoms with Crippen molar-refractivity contribution >= 4 is 17.5 Å². The molecule has 4 nitrogen and oxygen atoms in total. The number of nitrogens with one attached hydrogen (secondary N) is 1. The summed E-state index contributed by atoms with van der Waals surface area (Å²) >= 11 is 5.82. The third-order valence-corrected chi connectivity index (χ3v) is 4.52. The molecule has 2 aliphatic carbocycles. The van der Waals surface area contributed by atoms with Gasteiger partial charge in [0.1, 0.15) is 5.15 Å². The van der Waals surface area contributed by atoms with Gasteiger partial charge < -0.3 is 10.4 Å². The number of carbonyl (C=O) groups is 1. The van der Waals surface area contributed by atoms with Crippen LogP contribution in [-0.2, 0) is 0 Å². The molecule has 0 unspecified atom stereocenters. The molecule has 0 radical (unpaired) electrons. The highest BCUT2D eigenvalue weighted by Crippen LogP contribution is 2.45. The van der Waals surface area contributed by atoms with Crippen LogP contribution >= 0.6 is 11.6 Å². The molecule has 1 aromatic rings. The molecule has 108 valence electrons. The number of aliphatic hydroxyl groups excluding tert-OH is 1. The minimum Gasteiger partial charge on any atom is -0.396 e. The Kier molecular flexibility index (Phi) is 3.94. The number of aliphatic hydroxyl groups is 1. The topological polar surface area (TPSA) is 62.2 Å². The van der Waals surface area contributed by atoms with Gasteiger partial charge in [0.2, 0.25) is 0 Å². The fourth-order valence-corrected chi connectivity index (χ4v) is 3.06. The number of nitrogens with zero attached hydrogens (tertiary/aromatic N) is 1. The Hall–Kier alpha value is -1.13. The summed E-state index contributed by atoms with van der Waals surface area (Å²) in [7, 11) is 0. The Morgan fingerprint density at radius 3 is 2.65 bits per heavy atom. The van der Waals surface area contributed by atoms with Gasteiger partial charge in [0, 0.05) is 30.3 Å². The van der Waals surface area contributed by atoms with Crippen molar-refractivity contribution in [2.24, 2.45) is 17.8 Å². The summed E-state index contributed by atoms with van der Waals surface area (Å²) in [6.45, 7) is 0.156. The molecule has 0 aromatic carbocycles. The first kappa shape index (κ1) is 13.8. The Balaban J connectivity index is 1.71. The summed E-state index contributed by atoms with van der Waals surface area (Å²) in [5.41, 5.74) is 0.531. The van der Waals surface area contributed by atoms with Gasteiger partial charge in [0.15, 0.2) is 0 Å². The quantitative estimate of drug-likeness (QED) is 0.791. The smallest absolute Gasteiger partial charge is 0.251 e. The predicted octanol–water partition coefficient (Wildman–Crippen LogP) is 2.26. The second kappa shape index (κ2) is 5.70. The molecule has 1 heterocycles. The summed E-state index contributed by atoms with van der Waals surface area (Å²) in [5.74, 6) is 1.18. The van der Waals surface area contributed by atoms with Crippen molar-refractivity contribution in [2.45, 2.75) is 31.7 Å². The molecule has 5 heteroatoms. The number of hydrogen-bond donors (Lipinski definition) is 2. The van der Waals surface area contributed by atoms with E-state index in [0.29, 0.717) is 22.6 Å². The molecule has 0 bridgehead atoms. The molecule has 2 saturated carbocycles. The van der Waals surface area contributed by atoms with Crippen LogP contribution in [0.15, 0.2) is 18.3 Å². The zero-order valence-corrected chi connectivity index (χ0v) is 12.0. The summed E-state index contributed by atoms with van der Waals surface area (Å²) in [4.78, 5) is 16.2. The maximum absolute atomic E-state index is 12.3. The number of rotatable bonds is 6. The number of carbonyl (C=O) groups excluding carboxylic acids is 1. The highest BCUT2D eigenvalue weighted by Gasteiger charge is 2.43. The third-order valence-electron chi connectivity index (χ3n) is 4.32. The van der Waals surface area contributed by atoms with Gasteiger partial charge >= 0.3 is 0 Å². The molecule has 20 heavy (non-hydrogen) atoms. The van der Waals surface area contributed by atoms with Crippen molar-refractivity contribution in [3.8, 4) is 0 Å². The minimum absolute atomic E-state index is 0.0898. The highest BCUT2D eigenvalue weighted by molar-refractivity contribution is 6.29. The molecular formula is C15H19ClN2O2. The lowest BCUT2D eigenvalue weighted by atomic mass is 9.91. The van der Waals surface area contributed by atoms with Gasteiger partial charge in [0.25, 0.3) is 5.91 Å². The first-order chi connectivity index (χ1) is 9.69. The van der Waals surface area contributed by atoms with Gasteiger partial charge in [-0.2, -0.15) is 0 Å². The molecule has 2 fully saturated rings. The van der Waals surface area contributed by atoms with E-state index >= 15 is 0 Å². The van der Waals surface area contributed by atoms with E-state index in [1.54, 1.807) is 12.1 Å². The van der Waals surface area contributed by atoms with E-state index < -0.39 is 0 Å². The molecule has 0 saturated heterocycles. The van der Waals surface area contributed by atoms with Crippen molar-refractivity contribution in [1.82, 2.24) is 10.3 Å². The maximum Gasteiger partial charge on any atom is 0.251 e. The van der Waals surface area contributed by atoms with E-state index in [0.717, 1.165) is 12.8 Å². The SMILES string of the molecule is O=C(N[C@H](C1CC1)[C@@H](CO)C1CC1)c1ccnc(Cl)c1. The molecule has 2 N–H and O–H groups in total. The van der Waals surface area contributed by atoms with Crippen LogP contribution in [-0.4, -0.2) is 28.6 Å². The van der Waals surface area contributed by atoms with Crippen LogP contribution in [0, 0.1) is 17.8 Å². The second-order valence-electron chi connectivity index (χ2n) is 5.89. The van der Waals surface area contributed by atoms with Crippen LogP contribution < -0.4 is 5.32 Å². The van der Waals surface area contributed by atoms with Crippen molar-refractivity contribution in [3.05, 3.63) is 29.0 Å². The lowest BCUT2D eigenvalue weighted by molar-refractivity contribution is 0.0879. The van der Waals surface area contributed by atoms with Crippen LogP contribution in [0.2, 0.25) is 5.15 Å². The summed E-state index contributed by atoms with van der Waals surface area (Å²) < 4.78 is 0. The monoisotopic (exact) mass is 294 g/mol. The predicted molar refractivity (Wildman–Crippen MR) is 76.5 cm³/mol. The summed E-state index contributed by atoms with van der Waals surface area (Å²) in [6, 6.07) is 3.33. The van der Waals surface area contributed by atoms with Crippen molar-refractivity contribution in [3.63, 3.8) is 0 Å². The van der Waals surface area contributed by atoms with Crippen LogP contribution in [0.4, 0.5) is 0 Å². The fraction of sp³-hybridized carbons (Fsp3) is 0.600. The lowest BCUT2D eigenvalue weighted by Crippen LogP contribution is -2.44. The number of amides is 1. The number of halogens is 1. The van der Waals surface area contributed by atoms with Crippen LogP contribution in [0.25, 0.3) is 0 Å². The first-order valence-electron chi connectivity index (χ1n) is 7.22. The zero-order chi connectivity index (χ0) is 14.1. The molecule has 0 aliphatic heterocycles. The number of aromatic nitrogens is 1. The van der Waals surface area contributed by atoms with E-state index in [1.807, 2.05) is 0 Å². The Morgan fingerprint density at radius 1 is 1.40 bits per heavy atom. The van der Waals surface area contributed by atoms with Gasteiger partial charge in [0.05, 0.1) is 0 Å². The Labute approximate surface area is 123 Å². The normalized spacial score (nSPS) is 21.3. The van der Waals surface area contributed by atoms with Crippen LogP contribution in [0.1, 0.15) is 36.0 Å². The molecule has 1 aromatic heterocycles. The van der Waals surface area contributed by atoms with E-state index in [4.69, 9.17) is 11.6 Å². The van der Waals surface area contributed by atoms with Crippen molar-refractivity contribution in [2.75, 3.05) is 6.61 Å². The summed E-state index contributed by atoms with van der Waals surface area (Å²) in [6.07, 6.45) is 6.17. The standard InChI is InChI=1S/C15H19ClN2O2/c16-13-7-11(5-6-17-13)15(20)18-14(10-3-4-10)12(8-19)9-1-2-9/h5-7,9-10,12,14,19H,1-4,8H2,(H,18,20)/t12-,14+/m0/s1. The lowest BCUT2D eigenvalue weighted by Gasteiger charge is -2.26. The van der Waals surface area contributed by atoms with Gasteiger partial charge in [-0.3, -0.25) is 4.79 Å². The van der Waals surface area contributed by atoms with Crippen LogP contribution in [0.3, 0.4) is 0 Å². The van der Waals surface area contributed by atoms with Gasteiger partial charge in [-0.05, 0) is 49.7 Å². The van der Waals surface area contributed by atoms with E-state index in [9.17, 15) is 9.90 Å². The van der Waals surface area contributed by atoms with E-state index in [1.165, 1.54) is 19.0 Å². The average molecular weight is 295 g/mol. The Morgan fingerprint density at radius 2 is 2.10 bits per heavy atom. The van der Waals surface area contributed by atoms with Gasteiger partial charge in [-0.15, -0.1) is 0 Å². The molecule has 2 aliphatic rings. The molecule has 3 rings (SSSR count). The maximum atomic E-state index is 12.3. The fourth-order valence-electron chi connectivity index (χ4n) is 2.89. The van der Waals surface area contributed by atoms with Crippen molar-refractivity contribution in [1.29, 1.82) is 0 Å². The number of hydrogen-bond acceptors (Lipinski definition) is 3. The number of pyridine rings is 1. The zero-order valence-electron chi connectivity index (χ0n) is 11.3. The van der Waals surface area contributed by atoms with Gasteiger partial charge in [-0.25, -0.2) is 4.98 Å².